The van der Waals surface area contributed by atoms with Crippen molar-refractivity contribution >= 4 is 5.97 Å². The second-order valence-electron chi connectivity index (χ2n) is 10.00. The van der Waals surface area contributed by atoms with Crippen LogP contribution >= 0.6 is 0 Å². The number of nitrogens with one attached hydrogen (secondary N) is 2. The van der Waals surface area contributed by atoms with Gasteiger partial charge in [-0.3, -0.25) is 14.9 Å². The minimum atomic E-state index is -0.814. The molecule has 2 saturated carbocycles. The minimum absolute atomic E-state index is 0.0577. The van der Waals surface area contributed by atoms with Crippen LogP contribution in [0.2, 0.25) is 0 Å². The molecule has 0 aromatic carbocycles. The van der Waals surface area contributed by atoms with E-state index in [1.165, 1.54) is 0 Å². The third-order valence-corrected chi connectivity index (χ3v) is 7.33. The summed E-state index contributed by atoms with van der Waals surface area (Å²) in [6, 6.07) is 0. The number of methoxy groups -OCH3 is 1. The van der Waals surface area contributed by atoms with Crippen molar-refractivity contribution in [3.63, 3.8) is 0 Å². The van der Waals surface area contributed by atoms with Crippen molar-refractivity contribution in [3.8, 4) is 0 Å². The number of hydrogen-bond acceptors (Lipinski definition) is 10. The Balaban J connectivity index is 1.17. The van der Waals surface area contributed by atoms with Crippen LogP contribution in [-0.2, 0) is 38.1 Å². The highest BCUT2D eigenvalue weighted by molar-refractivity contribution is 5.72. The molecule has 2 N–H and O–H groups in total. The average molecular weight is 535 g/mol. The van der Waals surface area contributed by atoms with E-state index in [4.69, 9.17) is 33.3 Å². The Kier molecular flexibility index (Phi) is 15.2. The lowest BCUT2D eigenvalue weighted by molar-refractivity contribution is -0.152. The fraction of sp³-hybridized carbons (Fsp3) is 0.962. The van der Waals surface area contributed by atoms with Crippen molar-refractivity contribution in [2.45, 2.75) is 69.9 Å². The molecule has 0 aromatic heterocycles. The summed E-state index contributed by atoms with van der Waals surface area (Å²) in [6.45, 7) is 4.68. The third-order valence-electron chi connectivity index (χ3n) is 7.33. The molecule has 3 rings (SSSR count). The van der Waals surface area contributed by atoms with E-state index in [1.54, 1.807) is 7.11 Å². The smallest absolute Gasteiger partial charge is 0.309 e. The normalized spacial score (nSPS) is 30.4. The molecule has 11 heteroatoms. The van der Waals surface area contributed by atoms with Gasteiger partial charge >= 0.3 is 5.97 Å². The first kappa shape index (κ1) is 30.6. The van der Waals surface area contributed by atoms with Crippen LogP contribution in [0.25, 0.3) is 0 Å². The van der Waals surface area contributed by atoms with E-state index in [-0.39, 0.29) is 42.7 Å². The summed E-state index contributed by atoms with van der Waals surface area (Å²) in [5.74, 6) is -0.150. The first-order valence-electron chi connectivity index (χ1n) is 14.0. The van der Waals surface area contributed by atoms with Gasteiger partial charge in [-0.15, -0.1) is 0 Å². The van der Waals surface area contributed by atoms with Gasteiger partial charge in [0.25, 0.3) is 0 Å². The number of rotatable bonds is 18. The predicted molar refractivity (Wildman–Crippen MR) is 133 cm³/mol. The van der Waals surface area contributed by atoms with E-state index >= 15 is 0 Å². The van der Waals surface area contributed by atoms with Crippen molar-refractivity contribution < 1.29 is 42.4 Å². The summed E-state index contributed by atoms with van der Waals surface area (Å²) >= 11 is 0. The van der Waals surface area contributed by atoms with Gasteiger partial charge in [0.2, 0.25) is 0 Å². The molecule has 0 bridgehead atoms. The van der Waals surface area contributed by atoms with E-state index in [1.807, 2.05) is 0 Å². The van der Waals surface area contributed by atoms with Crippen molar-refractivity contribution in [2.24, 2.45) is 17.8 Å². The summed E-state index contributed by atoms with van der Waals surface area (Å²) in [4.78, 5) is 18.3. The van der Waals surface area contributed by atoms with Crippen LogP contribution in [-0.4, -0.2) is 97.7 Å². The van der Waals surface area contributed by atoms with Gasteiger partial charge in [-0.25, -0.2) is 4.39 Å². The Bertz CT molecular complexity index is 619. The number of alkyl halides is 1. The molecule has 1 heterocycles. The SMILES string of the molecule is COCCOCCOCCOCCOCCOC(=O)C1CCCC(C2NOC(C3CCCCC3F)N2)C1. The second kappa shape index (κ2) is 18.4. The molecule has 3 fully saturated rings. The van der Waals surface area contributed by atoms with Crippen LogP contribution < -0.4 is 10.8 Å². The maximum absolute atomic E-state index is 14.3. The zero-order valence-electron chi connectivity index (χ0n) is 22.3. The molecule has 37 heavy (non-hydrogen) atoms. The summed E-state index contributed by atoms with van der Waals surface area (Å²) in [6.07, 6.45) is 5.83. The van der Waals surface area contributed by atoms with Gasteiger partial charge < -0.3 is 28.4 Å². The van der Waals surface area contributed by atoms with E-state index in [9.17, 15) is 9.18 Å². The fourth-order valence-corrected chi connectivity index (χ4v) is 5.26. The number of carbonyl (C=O) groups is 1. The molecule has 10 nitrogen and oxygen atoms in total. The molecule has 0 amide bonds. The molecular weight excluding hydrogens is 487 g/mol. The van der Waals surface area contributed by atoms with Crippen molar-refractivity contribution in [3.05, 3.63) is 0 Å². The van der Waals surface area contributed by atoms with E-state index in [0.717, 1.165) is 44.9 Å². The highest BCUT2D eigenvalue weighted by Crippen LogP contribution is 2.35. The second-order valence-corrected chi connectivity index (χ2v) is 10.00. The van der Waals surface area contributed by atoms with Crippen LogP contribution in [0.5, 0.6) is 0 Å². The number of halogens is 1. The first-order valence-corrected chi connectivity index (χ1v) is 14.0. The molecular formula is C26H47FN2O8. The monoisotopic (exact) mass is 534 g/mol. The van der Waals surface area contributed by atoms with Crippen LogP contribution in [0.1, 0.15) is 51.4 Å². The average Bonchev–Trinajstić information content (AvgIpc) is 3.41. The number of hydrogen-bond donors (Lipinski definition) is 2. The highest BCUT2D eigenvalue weighted by atomic mass is 19.1. The number of esters is 1. The predicted octanol–water partition coefficient (Wildman–Crippen LogP) is 2.35. The Morgan fingerprint density at radius 2 is 1.43 bits per heavy atom. The van der Waals surface area contributed by atoms with Gasteiger partial charge in [0.15, 0.2) is 0 Å². The molecule has 2 aliphatic carbocycles. The summed E-state index contributed by atoms with van der Waals surface area (Å²) in [7, 11) is 1.64. The minimum Gasteiger partial charge on any atom is -0.463 e. The van der Waals surface area contributed by atoms with Crippen molar-refractivity contribution in [1.29, 1.82) is 0 Å². The van der Waals surface area contributed by atoms with Crippen LogP contribution in [0.4, 0.5) is 4.39 Å². The summed E-state index contributed by atoms with van der Waals surface area (Å²) in [5, 5.41) is 3.45. The largest absolute Gasteiger partial charge is 0.463 e. The van der Waals surface area contributed by atoms with Gasteiger partial charge in [0, 0.05) is 13.0 Å². The molecule has 6 unspecified atom stereocenters. The summed E-state index contributed by atoms with van der Waals surface area (Å²) < 4.78 is 46.3. The van der Waals surface area contributed by atoms with E-state index in [2.05, 4.69) is 10.8 Å². The standard InChI is InChI=1S/C26H47FN2O8/c1-31-9-10-32-11-12-33-13-14-34-15-16-35-17-18-36-26(30)21-6-4-5-20(19-21)24-28-25(37-29-24)22-7-2-3-8-23(22)27/h20-25,28-29H,2-19H2,1H3. The molecule has 1 aliphatic heterocycles. The Morgan fingerprint density at radius 1 is 0.811 bits per heavy atom. The highest BCUT2D eigenvalue weighted by Gasteiger charge is 2.41. The zero-order chi connectivity index (χ0) is 26.1. The molecule has 1 saturated heterocycles. The van der Waals surface area contributed by atoms with Crippen LogP contribution in [0.3, 0.4) is 0 Å². The number of hydroxylamine groups is 1. The van der Waals surface area contributed by atoms with Crippen molar-refractivity contribution in [1.82, 2.24) is 10.8 Å². The van der Waals surface area contributed by atoms with Crippen LogP contribution in [0, 0.1) is 17.8 Å². The van der Waals surface area contributed by atoms with Crippen LogP contribution in [0.15, 0.2) is 0 Å². The topological polar surface area (TPSA) is 106 Å². The van der Waals surface area contributed by atoms with Gasteiger partial charge in [-0.05, 0) is 38.0 Å². The van der Waals surface area contributed by atoms with Gasteiger partial charge in [-0.2, -0.15) is 5.48 Å². The summed E-state index contributed by atoms with van der Waals surface area (Å²) in [5.41, 5.74) is 3.07. The molecule has 3 aliphatic rings. The van der Waals surface area contributed by atoms with E-state index < -0.39 is 6.17 Å². The lowest BCUT2D eigenvalue weighted by atomic mass is 9.79. The first-order chi connectivity index (χ1) is 18.2. The fourth-order valence-electron chi connectivity index (χ4n) is 5.26. The molecule has 0 spiro atoms. The van der Waals surface area contributed by atoms with Gasteiger partial charge in [-0.1, -0.05) is 19.3 Å². The Hall–Kier alpha value is -0.920. The quantitative estimate of drug-likeness (QED) is 0.201. The maximum atomic E-state index is 14.3. The van der Waals surface area contributed by atoms with Crippen molar-refractivity contribution in [2.75, 3.05) is 73.2 Å². The van der Waals surface area contributed by atoms with Gasteiger partial charge in [0.05, 0.1) is 71.5 Å². The molecule has 216 valence electrons. The number of ether oxygens (including phenoxy) is 6. The molecule has 0 aromatic rings. The maximum Gasteiger partial charge on any atom is 0.309 e. The lowest BCUT2D eigenvalue weighted by Crippen LogP contribution is -2.46. The number of carbonyl (C=O) groups excluding carboxylic acids is 1. The van der Waals surface area contributed by atoms with Gasteiger partial charge in [0.1, 0.15) is 19.0 Å². The zero-order valence-corrected chi connectivity index (χ0v) is 22.3. The molecule has 0 radical (unpaired) electrons. The third kappa shape index (κ3) is 11.4. The Morgan fingerprint density at radius 3 is 2.08 bits per heavy atom. The Labute approximate surface area is 220 Å². The van der Waals surface area contributed by atoms with E-state index in [0.29, 0.717) is 65.9 Å². The molecule has 6 atom stereocenters. The lowest BCUT2D eigenvalue weighted by Gasteiger charge is -2.32.